The summed E-state index contributed by atoms with van der Waals surface area (Å²) in [5.74, 6) is 0.714. The molecule has 1 atom stereocenters. The summed E-state index contributed by atoms with van der Waals surface area (Å²) in [4.78, 5) is 4.87. The molecule has 0 aliphatic carbocycles. The van der Waals surface area contributed by atoms with E-state index >= 15 is 0 Å². The first-order valence-corrected chi connectivity index (χ1v) is 10.7. The Morgan fingerprint density at radius 1 is 1.42 bits per heavy atom. The van der Waals surface area contributed by atoms with Crippen LogP contribution in [0.1, 0.15) is 39.4 Å². The minimum Gasteiger partial charge on any atom is -0.391 e. The molecule has 1 aromatic rings. The van der Waals surface area contributed by atoms with Gasteiger partial charge in [-0.1, -0.05) is 50.5 Å². The van der Waals surface area contributed by atoms with Crippen LogP contribution in [0, 0.1) is 5.41 Å². The third-order valence-electron chi connectivity index (χ3n) is 4.04. The van der Waals surface area contributed by atoms with Crippen molar-refractivity contribution in [3.8, 4) is 0 Å². The van der Waals surface area contributed by atoms with Crippen LogP contribution in [0.2, 0.25) is 0 Å². The van der Waals surface area contributed by atoms with E-state index in [9.17, 15) is 0 Å². The van der Waals surface area contributed by atoms with Gasteiger partial charge in [0.2, 0.25) is 0 Å². The summed E-state index contributed by atoms with van der Waals surface area (Å²) in [6, 6.07) is -0.337. The fourth-order valence-electron chi connectivity index (χ4n) is 2.37. The first-order valence-electron chi connectivity index (χ1n) is 10.3. The lowest BCUT2D eigenvalue weighted by molar-refractivity contribution is 0.599. The van der Waals surface area contributed by atoms with Crippen LogP contribution in [0.5, 0.6) is 0 Å². The van der Waals surface area contributed by atoms with E-state index in [4.69, 9.17) is 17.6 Å². The minimum absolute atomic E-state index is 0.337. The molecule has 1 unspecified atom stereocenters. The number of aryl methyl sites for hydroxylation is 1. The van der Waals surface area contributed by atoms with Crippen molar-refractivity contribution < 1.29 is 0 Å². The zero-order chi connectivity index (χ0) is 23.1. The van der Waals surface area contributed by atoms with E-state index in [1.807, 2.05) is 42.8 Å². The van der Waals surface area contributed by atoms with Crippen molar-refractivity contribution >= 4 is 34.6 Å². The number of rotatable bonds is 15. The topological polar surface area (TPSA) is 91.0 Å². The standard InChI is InChI=1S/C23H33N7S/c1-6-14-30-17-26-23(29-30)19(5)11-9-10-18(4)15-21(22(31)7-2)28-27-20(16-24)12-13-25-8-3/h7,9-13,16-17,20,24-25,27H,2,4,6,8,14-15H2,1,3,5H3/b10-9-,13-12?,19-11+,24-16?,28-21-. The summed E-state index contributed by atoms with van der Waals surface area (Å²) in [5, 5.41) is 19.4. The Bertz CT molecular complexity index is 874. The number of nitrogens with zero attached hydrogens (tertiary/aromatic N) is 4. The highest BCUT2D eigenvalue weighted by molar-refractivity contribution is 7.82. The largest absolute Gasteiger partial charge is 0.391 e. The number of hydrogen-bond donors (Lipinski definition) is 3. The monoisotopic (exact) mass is 439 g/mol. The van der Waals surface area contributed by atoms with Crippen LogP contribution in [0.4, 0.5) is 0 Å². The van der Waals surface area contributed by atoms with Crippen molar-refractivity contribution in [2.75, 3.05) is 6.54 Å². The molecule has 3 N–H and O–H groups in total. The van der Waals surface area contributed by atoms with Crippen LogP contribution >= 0.6 is 12.2 Å². The molecule has 31 heavy (non-hydrogen) atoms. The average Bonchev–Trinajstić information content (AvgIpc) is 3.23. The van der Waals surface area contributed by atoms with Crippen LogP contribution in [-0.2, 0) is 6.54 Å². The van der Waals surface area contributed by atoms with Crippen LogP contribution in [0.15, 0.2) is 66.7 Å². The van der Waals surface area contributed by atoms with Crippen molar-refractivity contribution in [2.24, 2.45) is 5.10 Å². The van der Waals surface area contributed by atoms with E-state index in [0.717, 1.165) is 30.7 Å². The van der Waals surface area contributed by atoms with Crippen LogP contribution in [0.3, 0.4) is 0 Å². The molecule has 0 spiro atoms. The van der Waals surface area contributed by atoms with Gasteiger partial charge in [-0.2, -0.15) is 10.2 Å². The average molecular weight is 440 g/mol. The van der Waals surface area contributed by atoms with Gasteiger partial charge in [0.15, 0.2) is 5.82 Å². The quantitative estimate of drug-likeness (QED) is 0.125. The van der Waals surface area contributed by atoms with Crippen LogP contribution < -0.4 is 10.7 Å². The number of nitrogens with one attached hydrogen (secondary N) is 3. The minimum atomic E-state index is -0.337. The molecule has 0 radical (unpaired) electrons. The SMILES string of the molecule is C=CC(=S)/C(CC(=C)/C=C\C=C(/C)c1ncn(CCC)n1)=N\NC(C=N)C=CNCC. The number of allylic oxidation sites excluding steroid dienone is 6. The third kappa shape index (κ3) is 9.95. The van der Waals surface area contributed by atoms with E-state index < -0.39 is 0 Å². The zero-order valence-corrected chi connectivity index (χ0v) is 19.5. The fourth-order valence-corrected chi connectivity index (χ4v) is 2.48. The summed E-state index contributed by atoms with van der Waals surface area (Å²) in [6.07, 6.45) is 15.5. The predicted molar refractivity (Wildman–Crippen MR) is 136 cm³/mol. The molecule has 0 amide bonds. The Hall–Kier alpha value is -3.13. The van der Waals surface area contributed by atoms with Gasteiger partial charge in [0.1, 0.15) is 6.33 Å². The summed E-state index contributed by atoms with van der Waals surface area (Å²) in [6.45, 7) is 15.6. The van der Waals surface area contributed by atoms with E-state index in [1.165, 1.54) is 6.21 Å². The molecule has 0 aliphatic heterocycles. The maximum Gasteiger partial charge on any atom is 0.176 e. The first-order chi connectivity index (χ1) is 14.9. The van der Waals surface area contributed by atoms with Gasteiger partial charge in [-0.3, -0.25) is 10.1 Å². The van der Waals surface area contributed by atoms with Gasteiger partial charge in [0.05, 0.1) is 16.6 Å². The van der Waals surface area contributed by atoms with E-state index in [0.29, 0.717) is 22.8 Å². The molecule has 1 heterocycles. The van der Waals surface area contributed by atoms with Crippen molar-refractivity contribution in [1.82, 2.24) is 25.5 Å². The van der Waals surface area contributed by atoms with E-state index in [-0.39, 0.29) is 6.04 Å². The molecule has 7 nitrogen and oxygen atoms in total. The fraction of sp³-hybridized carbons (Fsp3) is 0.348. The highest BCUT2D eigenvalue weighted by atomic mass is 32.1. The molecular formula is C23H33N7S. The smallest absolute Gasteiger partial charge is 0.176 e. The normalized spacial score (nSPS) is 13.4. The maximum atomic E-state index is 7.52. The maximum absolute atomic E-state index is 7.52. The molecule has 0 aromatic carbocycles. The molecule has 0 bridgehead atoms. The number of hydrazone groups is 1. The lowest BCUT2D eigenvalue weighted by Gasteiger charge is -2.10. The van der Waals surface area contributed by atoms with Crippen molar-refractivity contribution in [2.45, 2.75) is 46.2 Å². The van der Waals surface area contributed by atoms with Crippen molar-refractivity contribution in [3.05, 3.63) is 67.5 Å². The van der Waals surface area contributed by atoms with Crippen LogP contribution in [0.25, 0.3) is 5.57 Å². The van der Waals surface area contributed by atoms with Gasteiger partial charge in [-0.25, -0.2) is 4.98 Å². The summed E-state index contributed by atoms with van der Waals surface area (Å²) in [7, 11) is 0. The second kappa shape index (κ2) is 14.8. The molecule has 8 heteroatoms. The molecule has 0 saturated carbocycles. The summed E-state index contributed by atoms with van der Waals surface area (Å²) >= 11 is 5.36. The second-order valence-corrected chi connectivity index (χ2v) is 7.18. The van der Waals surface area contributed by atoms with Gasteiger partial charge < -0.3 is 10.7 Å². The number of aromatic nitrogens is 3. The Balaban J connectivity index is 2.78. The van der Waals surface area contributed by atoms with E-state index in [2.05, 4.69) is 46.0 Å². The molecule has 0 fully saturated rings. The van der Waals surface area contributed by atoms with Crippen LogP contribution in [-0.4, -0.2) is 44.1 Å². The zero-order valence-electron chi connectivity index (χ0n) is 18.6. The Morgan fingerprint density at radius 3 is 2.84 bits per heavy atom. The first kappa shape index (κ1) is 25.9. The van der Waals surface area contributed by atoms with E-state index in [1.54, 1.807) is 18.6 Å². The summed E-state index contributed by atoms with van der Waals surface area (Å²) < 4.78 is 1.84. The molecule has 0 aliphatic rings. The molecular weight excluding hydrogens is 406 g/mol. The molecule has 1 rings (SSSR count). The van der Waals surface area contributed by atoms with Crippen molar-refractivity contribution in [3.63, 3.8) is 0 Å². The third-order valence-corrected chi connectivity index (χ3v) is 4.44. The highest BCUT2D eigenvalue weighted by Gasteiger charge is 2.07. The lowest BCUT2D eigenvalue weighted by Crippen LogP contribution is -2.27. The Labute approximate surface area is 190 Å². The number of thiocarbonyl (C=S) groups is 1. The van der Waals surface area contributed by atoms with Gasteiger partial charge in [-0.15, -0.1) is 0 Å². The second-order valence-electron chi connectivity index (χ2n) is 6.74. The van der Waals surface area contributed by atoms with Gasteiger partial charge in [0, 0.05) is 25.7 Å². The highest BCUT2D eigenvalue weighted by Crippen LogP contribution is 2.10. The molecule has 1 aromatic heterocycles. The predicted octanol–water partition coefficient (Wildman–Crippen LogP) is 4.24. The Kier molecular flexibility index (Phi) is 12.4. The van der Waals surface area contributed by atoms with Gasteiger partial charge >= 0.3 is 0 Å². The van der Waals surface area contributed by atoms with Crippen molar-refractivity contribution in [1.29, 1.82) is 5.41 Å². The van der Waals surface area contributed by atoms with Gasteiger partial charge in [0.25, 0.3) is 0 Å². The molecule has 166 valence electrons. The number of hydrogen-bond acceptors (Lipinski definition) is 7. The summed E-state index contributed by atoms with van der Waals surface area (Å²) in [5.41, 5.74) is 5.40. The lowest BCUT2D eigenvalue weighted by atomic mass is 10.1. The molecule has 0 saturated heterocycles. The van der Waals surface area contributed by atoms with Gasteiger partial charge in [-0.05, 0) is 49.8 Å². The Morgan fingerprint density at radius 2 is 2.19 bits per heavy atom.